The molecule has 0 aromatic carbocycles. The zero-order valence-corrected chi connectivity index (χ0v) is 27.5. The highest BCUT2D eigenvalue weighted by Gasteiger charge is 2.61. The number of nitrogens with two attached hydrogens (primary N) is 2. The minimum Gasteiger partial charge on any atom is -0.550 e. The van der Waals surface area contributed by atoms with Gasteiger partial charge in [0.25, 0.3) is 0 Å². The Hall–Kier alpha value is -1.03. The van der Waals surface area contributed by atoms with Gasteiger partial charge in [0, 0.05) is 29.6 Å². The minimum atomic E-state index is -1.31. The molecule has 0 bridgehead atoms. The topological polar surface area (TPSA) is 164 Å². The normalized spacial score (nSPS) is 36.5. The summed E-state index contributed by atoms with van der Waals surface area (Å²) in [6.45, 7) is 3.23. The minimum absolute atomic E-state index is 0.124. The lowest BCUT2D eigenvalue weighted by atomic mass is 9.70. The average Bonchev–Trinajstić information content (AvgIpc) is 3.55. The van der Waals surface area contributed by atoms with Gasteiger partial charge in [0.2, 0.25) is 0 Å². The van der Waals surface area contributed by atoms with E-state index in [1.54, 1.807) is 0 Å². The van der Waals surface area contributed by atoms with Gasteiger partial charge >= 0.3 is 0 Å². The molecular formula is C36H64N2O6. The van der Waals surface area contributed by atoms with Crippen LogP contribution in [0.25, 0.3) is 0 Å². The van der Waals surface area contributed by atoms with Crippen LogP contribution in [0.5, 0.6) is 0 Å². The zero-order valence-electron chi connectivity index (χ0n) is 27.5. The van der Waals surface area contributed by atoms with Gasteiger partial charge < -0.3 is 35.6 Å². The van der Waals surface area contributed by atoms with E-state index < -0.39 is 29.7 Å². The molecule has 0 amide bonds. The molecule has 2 saturated carbocycles. The third kappa shape index (κ3) is 9.07. The number of hydrogen-bond acceptors (Lipinski definition) is 7. The Balaban J connectivity index is 1.23. The molecule has 44 heavy (non-hydrogen) atoms. The first-order chi connectivity index (χ1) is 21.1. The van der Waals surface area contributed by atoms with E-state index >= 15 is 0 Å². The number of hydrogen-bond donors (Lipinski definition) is 6. The standard InChI is InChI=1S/C36H64N2O6/c1-2-3-5-10-25-13-14-27(31(40)22-25)11-6-4-7-12-29(33(41)42)30(39)15-19-36(44)24-28(21-26-16-20-38-32(37)23-26)35(34(36)43)17-8-9-18-35/h13-14,25-32,34,38-40,43-44H,2-12,15-24,37H2,1H3,(H,41,42)/t25-,26?,27+,28-,29-,30+,31+,32?,34+,36-/m0/s1. The molecule has 0 aromatic heterocycles. The molecule has 3 aliphatic carbocycles. The molecule has 4 rings (SSSR count). The number of carbonyl (C=O) groups is 1. The summed E-state index contributed by atoms with van der Waals surface area (Å²) in [6, 6.07) is 0. The fourth-order valence-electron chi connectivity index (χ4n) is 9.67. The van der Waals surface area contributed by atoms with E-state index in [0.29, 0.717) is 31.1 Å². The number of carboxylic acid groups (broad SMARTS) is 1. The second-order valence-electron chi connectivity index (χ2n) is 15.4. The van der Waals surface area contributed by atoms with Crippen LogP contribution in [-0.4, -0.2) is 63.0 Å². The lowest BCUT2D eigenvalue weighted by Crippen LogP contribution is -2.94. The molecule has 254 valence electrons. The second-order valence-corrected chi connectivity index (χ2v) is 15.4. The summed E-state index contributed by atoms with van der Waals surface area (Å²) in [6.07, 6.45) is 19.4. The molecule has 4 aliphatic rings. The zero-order chi connectivity index (χ0) is 31.7. The van der Waals surface area contributed by atoms with Crippen LogP contribution in [0.1, 0.15) is 135 Å². The number of aliphatic hydroxyl groups excluding tert-OH is 3. The first kappa shape index (κ1) is 35.8. The third-order valence-corrected chi connectivity index (χ3v) is 12.3. The summed E-state index contributed by atoms with van der Waals surface area (Å²) in [4.78, 5) is 12.0. The number of carboxylic acids is 1. The number of unbranched alkanes of at least 4 members (excludes halogenated alkanes) is 4. The summed E-state index contributed by atoms with van der Waals surface area (Å²) in [5.41, 5.74) is 4.63. The number of aliphatic carboxylic acids is 1. The predicted molar refractivity (Wildman–Crippen MR) is 170 cm³/mol. The van der Waals surface area contributed by atoms with Crippen molar-refractivity contribution in [3.8, 4) is 0 Å². The Morgan fingerprint density at radius 3 is 2.48 bits per heavy atom. The largest absolute Gasteiger partial charge is 0.550 e. The fraction of sp³-hybridized carbons (Fsp3) is 0.917. The highest BCUT2D eigenvalue weighted by Crippen LogP contribution is 2.60. The summed E-state index contributed by atoms with van der Waals surface area (Å²) in [7, 11) is 0. The van der Waals surface area contributed by atoms with Crippen LogP contribution in [0.4, 0.5) is 0 Å². The van der Waals surface area contributed by atoms with Crippen molar-refractivity contribution in [2.75, 3.05) is 6.54 Å². The Bertz CT molecular complexity index is 909. The first-order valence-corrected chi connectivity index (χ1v) is 18.3. The highest BCUT2D eigenvalue weighted by molar-refractivity contribution is 5.68. The van der Waals surface area contributed by atoms with Gasteiger partial charge in [-0.1, -0.05) is 70.4 Å². The molecule has 1 aliphatic heterocycles. The molecule has 1 heterocycles. The number of quaternary nitrogens is 1. The Morgan fingerprint density at radius 1 is 1.05 bits per heavy atom. The van der Waals surface area contributed by atoms with E-state index in [1.165, 1.54) is 19.3 Å². The van der Waals surface area contributed by atoms with Gasteiger partial charge in [0.15, 0.2) is 0 Å². The van der Waals surface area contributed by atoms with Gasteiger partial charge in [0.05, 0.1) is 30.5 Å². The van der Waals surface area contributed by atoms with Gasteiger partial charge in [-0.3, -0.25) is 5.73 Å². The molecule has 0 aromatic rings. The highest BCUT2D eigenvalue weighted by atomic mass is 16.4. The number of rotatable bonds is 17. The van der Waals surface area contributed by atoms with Crippen LogP contribution in [0.3, 0.4) is 0 Å². The van der Waals surface area contributed by atoms with Crippen molar-refractivity contribution in [2.45, 2.75) is 165 Å². The average molecular weight is 621 g/mol. The predicted octanol–water partition coefficient (Wildman–Crippen LogP) is 2.90. The van der Waals surface area contributed by atoms with Gasteiger partial charge in [-0.05, 0) is 88.4 Å². The lowest BCUT2D eigenvalue weighted by Gasteiger charge is -2.38. The first-order valence-electron chi connectivity index (χ1n) is 18.3. The van der Waals surface area contributed by atoms with Crippen LogP contribution >= 0.6 is 0 Å². The van der Waals surface area contributed by atoms with E-state index in [1.807, 2.05) is 0 Å². The summed E-state index contributed by atoms with van der Waals surface area (Å²) < 4.78 is 0. The van der Waals surface area contributed by atoms with Crippen molar-refractivity contribution in [2.24, 2.45) is 40.7 Å². The maximum absolute atomic E-state index is 12.0. The molecule has 8 heteroatoms. The van der Waals surface area contributed by atoms with Gasteiger partial charge in [-0.15, -0.1) is 0 Å². The molecule has 1 saturated heterocycles. The van der Waals surface area contributed by atoms with Crippen LogP contribution in [-0.2, 0) is 4.79 Å². The summed E-state index contributed by atoms with van der Waals surface area (Å²) in [5.74, 6) is -0.864. The molecule has 2 unspecified atom stereocenters. The van der Waals surface area contributed by atoms with Gasteiger partial charge in [-0.2, -0.15) is 0 Å². The molecule has 3 fully saturated rings. The summed E-state index contributed by atoms with van der Waals surface area (Å²) in [5, 5.41) is 59.2. The van der Waals surface area contributed by atoms with E-state index in [0.717, 1.165) is 83.6 Å². The molecule has 8 N–H and O–H groups in total. The number of allylic oxidation sites excluding steroid dienone is 1. The van der Waals surface area contributed by atoms with E-state index in [2.05, 4.69) is 24.4 Å². The second kappa shape index (κ2) is 16.7. The Morgan fingerprint density at radius 2 is 1.80 bits per heavy atom. The van der Waals surface area contributed by atoms with Gasteiger partial charge in [-0.25, -0.2) is 0 Å². The van der Waals surface area contributed by atoms with Crippen molar-refractivity contribution >= 4 is 5.97 Å². The Labute approximate surface area is 266 Å². The maximum Gasteiger partial charge on any atom is 0.137 e. The van der Waals surface area contributed by atoms with E-state index in [4.69, 9.17) is 5.73 Å². The number of carbonyl (C=O) groups excluding carboxylic acids is 1. The molecular weight excluding hydrogens is 556 g/mol. The quantitative estimate of drug-likeness (QED) is 0.108. The maximum atomic E-state index is 12.0. The van der Waals surface area contributed by atoms with Crippen molar-refractivity contribution in [3.63, 3.8) is 0 Å². The van der Waals surface area contributed by atoms with E-state index in [-0.39, 0.29) is 42.4 Å². The van der Waals surface area contributed by atoms with Crippen molar-refractivity contribution < 1.29 is 35.6 Å². The van der Waals surface area contributed by atoms with Crippen molar-refractivity contribution in [3.05, 3.63) is 12.2 Å². The van der Waals surface area contributed by atoms with Crippen molar-refractivity contribution in [1.82, 2.24) is 0 Å². The molecule has 1 spiro atoms. The lowest BCUT2D eigenvalue weighted by molar-refractivity contribution is -0.699. The molecule has 8 nitrogen and oxygen atoms in total. The third-order valence-electron chi connectivity index (χ3n) is 12.3. The smallest absolute Gasteiger partial charge is 0.137 e. The summed E-state index contributed by atoms with van der Waals surface area (Å²) >= 11 is 0. The van der Waals surface area contributed by atoms with Gasteiger partial charge in [0.1, 0.15) is 6.17 Å². The van der Waals surface area contributed by atoms with E-state index in [9.17, 15) is 30.3 Å². The van der Waals surface area contributed by atoms with Crippen LogP contribution in [0.15, 0.2) is 12.2 Å². The van der Waals surface area contributed by atoms with Crippen molar-refractivity contribution in [1.29, 1.82) is 0 Å². The fourth-order valence-corrected chi connectivity index (χ4v) is 9.67. The Kier molecular flexibility index (Phi) is 13.6. The molecule has 10 atom stereocenters. The van der Waals surface area contributed by atoms with Crippen LogP contribution < -0.4 is 16.2 Å². The monoisotopic (exact) mass is 620 g/mol. The van der Waals surface area contributed by atoms with Crippen LogP contribution in [0.2, 0.25) is 0 Å². The molecule has 0 radical (unpaired) electrons. The number of piperidine rings is 1. The van der Waals surface area contributed by atoms with Crippen LogP contribution in [0, 0.1) is 35.0 Å². The SMILES string of the molecule is CCCCC[C@H]1C=C[C@@H](CCCCC[C@H](C(=O)[O-])[C@H](O)CC[C@]2(O)C[C@H](CC3CC[NH2+]C(N)C3)C3(CCCC3)[C@H]2O)[C@H](O)C1. The number of aliphatic hydroxyl groups is 4.